The topological polar surface area (TPSA) is 106 Å². The van der Waals surface area contributed by atoms with Gasteiger partial charge in [-0.15, -0.1) is 0 Å². The van der Waals surface area contributed by atoms with E-state index in [9.17, 15) is 0 Å². The van der Waals surface area contributed by atoms with E-state index in [1.807, 2.05) is 0 Å². The molecule has 0 spiro atoms. The Morgan fingerprint density at radius 1 is 1.29 bits per heavy atom. The summed E-state index contributed by atoms with van der Waals surface area (Å²) in [5, 5.41) is 0. The molecule has 1 N–H and O–H groups in total. The standard InChI is InChI=1S/Ag.ClHO4.O/c;2-1(3,4)5;/h;(H,2,3,4,5);. The Balaban J connectivity index is 0. The van der Waals surface area contributed by atoms with E-state index in [2.05, 4.69) is 0 Å². The number of rotatable bonds is 0. The van der Waals surface area contributed by atoms with Gasteiger partial charge >= 0.3 is 24.3 Å². The molecule has 0 saturated heterocycles. The van der Waals surface area contributed by atoms with Gasteiger partial charge in [0.1, 0.15) is 0 Å². The molecule has 0 bridgehead atoms. The van der Waals surface area contributed by atoms with Crippen LogP contribution in [0.25, 0.3) is 0 Å². The van der Waals surface area contributed by atoms with Crippen LogP contribution in [0.2, 0.25) is 0 Å². The van der Waals surface area contributed by atoms with Crippen LogP contribution in [0, 0.1) is 10.2 Å². The molecule has 0 aromatic heterocycles. The molecule has 0 aliphatic carbocycles. The van der Waals surface area contributed by atoms with E-state index in [4.69, 9.17) is 21.9 Å². The fourth-order valence-electron chi connectivity index (χ4n) is 0. The summed E-state index contributed by atoms with van der Waals surface area (Å²) >= 11 is 1.70. The van der Waals surface area contributed by atoms with Gasteiger partial charge in [-0.25, -0.2) is 0 Å². The Morgan fingerprint density at radius 2 is 1.29 bits per heavy atom. The predicted molar refractivity (Wildman–Crippen MR) is 2.91 cm³/mol. The van der Waals surface area contributed by atoms with Crippen LogP contribution < -0.4 is 14.0 Å². The fourth-order valence-corrected chi connectivity index (χ4v) is 0. The first-order chi connectivity index (χ1) is 3.00. The van der Waals surface area contributed by atoms with Crippen molar-refractivity contribution in [1.29, 1.82) is 0 Å². The zero-order valence-electron chi connectivity index (χ0n) is 2.76. The van der Waals surface area contributed by atoms with Gasteiger partial charge in [-0.1, -0.05) is 0 Å². The van der Waals surface area contributed by atoms with E-state index in [1.165, 1.54) is 0 Å². The molecule has 0 fully saturated rings. The Morgan fingerprint density at radius 3 is 1.29 bits per heavy atom. The molecule has 5 nitrogen and oxygen atoms in total. The first kappa shape index (κ1) is 10.6. The van der Waals surface area contributed by atoms with Crippen molar-refractivity contribution >= 4 is 0 Å². The van der Waals surface area contributed by atoms with E-state index in [0.717, 1.165) is 0 Å². The average molecular weight is 224 g/mol. The quantitative estimate of drug-likeness (QED) is 0.419. The van der Waals surface area contributed by atoms with Crippen molar-refractivity contribution in [2.75, 3.05) is 0 Å². The summed E-state index contributed by atoms with van der Waals surface area (Å²) in [6.07, 6.45) is 0. The van der Waals surface area contributed by atoms with Gasteiger partial charge in [-0.2, -0.15) is 14.0 Å². The van der Waals surface area contributed by atoms with Crippen LogP contribution >= 0.6 is 0 Å². The number of halogens is 1. The first-order valence-electron chi connectivity index (χ1n) is 0.755. The average Bonchev–Trinajstić information content (AvgIpc) is 1.36. The van der Waals surface area contributed by atoms with Crippen LogP contribution in [-0.2, 0) is 24.3 Å². The summed E-state index contributed by atoms with van der Waals surface area (Å²) in [5.41, 5.74) is 0. The summed E-state index contributed by atoms with van der Waals surface area (Å²) in [5.74, 6) is 0. The summed E-state index contributed by atoms with van der Waals surface area (Å²) < 4.78 is 40.8. The summed E-state index contributed by atoms with van der Waals surface area (Å²) in [6.45, 7) is 0. The summed E-state index contributed by atoms with van der Waals surface area (Å²) in [7, 11) is -4.69. The minimum absolute atomic E-state index is 1.70. The molecule has 0 saturated carbocycles. The van der Waals surface area contributed by atoms with Gasteiger partial charge in [0, 0.05) is 0 Å². The summed E-state index contributed by atoms with van der Waals surface area (Å²) in [6, 6.07) is 0. The molecule has 7 heteroatoms. The number of hydrogen-bond acceptors (Lipinski definition) is 5. The molecule has 0 aliphatic rings. The van der Waals surface area contributed by atoms with Crippen molar-refractivity contribution in [1.82, 2.24) is 0 Å². The van der Waals surface area contributed by atoms with Crippen molar-refractivity contribution in [3.8, 4) is 0 Å². The van der Waals surface area contributed by atoms with Crippen molar-refractivity contribution < 1.29 is 53.2 Å². The molecule has 7 heavy (non-hydrogen) atoms. The van der Waals surface area contributed by atoms with Crippen LogP contribution in [0.4, 0.5) is 0 Å². The molecule has 0 unspecified atom stereocenters. The van der Waals surface area contributed by atoms with Crippen molar-refractivity contribution in [3.63, 3.8) is 0 Å². The van der Waals surface area contributed by atoms with E-state index in [-0.39, 0.29) is 0 Å². The zero-order valence-corrected chi connectivity index (χ0v) is 5.00. The second-order valence-electron chi connectivity index (χ2n) is 0.396. The Kier molecular flexibility index (Phi) is 7.31. The molecule has 0 atom stereocenters. The van der Waals surface area contributed by atoms with E-state index in [1.54, 1.807) is 21.0 Å². The third-order valence-corrected chi connectivity index (χ3v) is 0. The maximum absolute atomic E-state index is 8.60. The third kappa shape index (κ3) is 324. The molecule has 0 amide bonds. The van der Waals surface area contributed by atoms with Crippen LogP contribution in [0.1, 0.15) is 0 Å². The fraction of sp³-hybridized carbons (Fsp3) is 0. The molecular weight excluding hydrogens is 223 g/mol. The van der Waals surface area contributed by atoms with Gasteiger partial charge in [-0.05, 0) is 0 Å². The van der Waals surface area contributed by atoms with E-state index in [0.29, 0.717) is 0 Å². The van der Waals surface area contributed by atoms with Gasteiger partial charge in [0.05, 0.1) is 14.9 Å². The van der Waals surface area contributed by atoms with Crippen LogP contribution in [0.3, 0.4) is 0 Å². The van der Waals surface area contributed by atoms with Gasteiger partial charge < -0.3 is 0 Å². The molecule has 0 heterocycles. The van der Waals surface area contributed by atoms with Crippen LogP contribution in [-0.4, -0.2) is 4.66 Å². The van der Waals surface area contributed by atoms with E-state index >= 15 is 0 Å². The number of hydrogen-bond donors (Lipinski definition) is 1. The molecular formula is HAgClO5. The Bertz CT molecular complexity index is 31.8. The van der Waals surface area contributed by atoms with Gasteiger partial charge in [0.25, 0.3) is 0 Å². The molecule has 0 aromatic carbocycles. The SMILES string of the molecule is [O-][Cl+3]([O-])([O-])O.[O]=[Ag]. The van der Waals surface area contributed by atoms with Crippen LogP contribution in [0.15, 0.2) is 0 Å². The molecule has 0 aliphatic heterocycles. The van der Waals surface area contributed by atoms with Crippen molar-refractivity contribution in [2.45, 2.75) is 0 Å². The molecule has 49 valence electrons. The van der Waals surface area contributed by atoms with Crippen LogP contribution in [0.5, 0.6) is 0 Å². The monoisotopic (exact) mass is 223 g/mol. The first-order valence-corrected chi connectivity index (χ1v) is 2.62. The molecule has 0 aromatic rings. The summed E-state index contributed by atoms with van der Waals surface area (Å²) in [4.78, 5) is 0. The maximum atomic E-state index is 8.60. The normalized spacial score (nSPS) is 9.43. The molecule has 0 rings (SSSR count). The predicted octanol–water partition coefficient (Wildman–Crippen LogP) is -4.25. The van der Waals surface area contributed by atoms with Crippen molar-refractivity contribution in [2.24, 2.45) is 0 Å². The zero-order chi connectivity index (χ0) is 6.50. The minimum atomic E-state index is -4.69. The van der Waals surface area contributed by atoms with Gasteiger partial charge in [-0.3, -0.25) is 0 Å². The van der Waals surface area contributed by atoms with Gasteiger partial charge in [0.2, 0.25) is 0 Å². The second kappa shape index (κ2) is 4.82. The Labute approximate surface area is 53.6 Å². The van der Waals surface area contributed by atoms with E-state index < -0.39 is 10.2 Å². The van der Waals surface area contributed by atoms with Gasteiger partial charge in [0.15, 0.2) is 0 Å². The Hall–Kier alpha value is 0.670. The van der Waals surface area contributed by atoms with Crippen molar-refractivity contribution in [3.05, 3.63) is 0 Å². The third-order valence-electron chi connectivity index (χ3n) is 0. The molecule has 0 radical (unpaired) electrons. The second-order valence-corrected chi connectivity index (χ2v) is 1.19.